The quantitative estimate of drug-likeness (QED) is 0.758. The fourth-order valence-electron chi connectivity index (χ4n) is 1.32. The first-order valence-corrected chi connectivity index (χ1v) is 4.25. The van der Waals surface area contributed by atoms with Gasteiger partial charge in [0.15, 0.2) is 0 Å². The summed E-state index contributed by atoms with van der Waals surface area (Å²) >= 11 is 0. The van der Waals surface area contributed by atoms with Crippen molar-refractivity contribution in [2.75, 3.05) is 0 Å². The first-order valence-electron chi connectivity index (χ1n) is 4.25. The van der Waals surface area contributed by atoms with Gasteiger partial charge in [0.25, 0.3) is 0 Å². The zero-order valence-electron chi connectivity index (χ0n) is 7.64. The number of carboxylic acid groups (broad SMARTS) is 1. The van der Waals surface area contributed by atoms with Gasteiger partial charge in [-0.05, 0) is 30.3 Å². The zero-order valence-corrected chi connectivity index (χ0v) is 7.64. The number of pyridine rings is 1. The fourth-order valence-corrected chi connectivity index (χ4v) is 1.32. The van der Waals surface area contributed by atoms with Crippen LogP contribution in [0.25, 0.3) is 10.9 Å². The van der Waals surface area contributed by atoms with Gasteiger partial charge in [0.2, 0.25) is 0 Å². The molecule has 15 heavy (non-hydrogen) atoms. The SMILES string of the molecule is N#Cc1ccc2cc(C(=O)O)ccc2n1. The van der Waals surface area contributed by atoms with E-state index in [2.05, 4.69) is 4.98 Å². The summed E-state index contributed by atoms with van der Waals surface area (Å²) in [5.74, 6) is -0.971. The highest BCUT2D eigenvalue weighted by atomic mass is 16.4. The predicted octanol–water partition coefficient (Wildman–Crippen LogP) is 1.80. The van der Waals surface area contributed by atoms with Crippen molar-refractivity contribution in [1.29, 1.82) is 5.26 Å². The van der Waals surface area contributed by atoms with E-state index in [0.717, 1.165) is 0 Å². The second kappa shape index (κ2) is 3.39. The minimum atomic E-state index is -0.971. The van der Waals surface area contributed by atoms with Gasteiger partial charge in [0.1, 0.15) is 11.8 Å². The van der Waals surface area contributed by atoms with Crippen LogP contribution in [-0.4, -0.2) is 16.1 Å². The van der Waals surface area contributed by atoms with Gasteiger partial charge in [-0.1, -0.05) is 0 Å². The van der Waals surface area contributed by atoms with E-state index >= 15 is 0 Å². The van der Waals surface area contributed by atoms with E-state index < -0.39 is 5.97 Å². The second-order valence-electron chi connectivity index (χ2n) is 3.02. The van der Waals surface area contributed by atoms with Gasteiger partial charge < -0.3 is 5.11 Å². The molecular formula is C11H6N2O2. The summed E-state index contributed by atoms with van der Waals surface area (Å²) in [7, 11) is 0. The average Bonchev–Trinajstić information content (AvgIpc) is 2.27. The number of fused-ring (bicyclic) bond motifs is 1. The highest BCUT2D eigenvalue weighted by Gasteiger charge is 2.04. The normalized spacial score (nSPS) is 9.80. The highest BCUT2D eigenvalue weighted by molar-refractivity contribution is 5.93. The molecule has 1 aromatic carbocycles. The Morgan fingerprint density at radius 2 is 2.13 bits per heavy atom. The molecule has 72 valence electrons. The molecule has 0 saturated carbocycles. The Bertz CT molecular complexity index is 585. The van der Waals surface area contributed by atoms with Gasteiger partial charge in [0, 0.05) is 5.39 Å². The number of hydrogen-bond donors (Lipinski definition) is 1. The standard InChI is InChI=1S/C11H6N2O2/c12-6-9-3-1-7-5-8(11(14)15)2-4-10(7)13-9/h1-5H,(H,14,15). The molecule has 0 atom stereocenters. The van der Waals surface area contributed by atoms with E-state index in [1.165, 1.54) is 12.1 Å². The van der Waals surface area contributed by atoms with Crippen molar-refractivity contribution in [3.05, 3.63) is 41.6 Å². The maximum atomic E-state index is 10.7. The van der Waals surface area contributed by atoms with Crippen LogP contribution in [0.2, 0.25) is 0 Å². The Morgan fingerprint density at radius 3 is 2.80 bits per heavy atom. The molecule has 1 aromatic heterocycles. The number of nitrogens with zero attached hydrogens (tertiary/aromatic N) is 2. The van der Waals surface area contributed by atoms with E-state index in [9.17, 15) is 4.79 Å². The summed E-state index contributed by atoms with van der Waals surface area (Å²) in [4.78, 5) is 14.7. The number of nitriles is 1. The molecule has 0 unspecified atom stereocenters. The number of rotatable bonds is 1. The van der Waals surface area contributed by atoms with E-state index in [4.69, 9.17) is 10.4 Å². The van der Waals surface area contributed by atoms with Gasteiger partial charge in [-0.2, -0.15) is 5.26 Å². The van der Waals surface area contributed by atoms with Crippen LogP contribution >= 0.6 is 0 Å². The molecule has 0 aliphatic rings. The van der Waals surface area contributed by atoms with Gasteiger partial charge >= 0.3 is 5.97 Å². The van der Waals surface area contributed by atoms with Crippen LogP contribution in [0.5, 0.6) is 0 Å². The fraction of sp³-hybridized carbons (Fsp3) is 0. The Kier molecular flexibility index (Phi) is 2.07. The van der Waals surface area contributed by atoms with Crippen molar-refractivity contribution in [3.63, 3.8) is 0 Å². The predicted molar refractivity (Wildman–Crippen MR) is 53.4 cm³/mol. The molecule has 4 nitrogen and oxygen atoms in total. The van der Waals surface area contributed by atoms with E-state index in [1.807, 2.05) is 6.07 Å². The summed E-state index contributed by atoms with van der Waals surface area (Å²) in [5.41, 5.74) is 1.17. The van der Waals surface area contributed by atoms with Crippen molar-refractivity contribution in [1.82, 2.24) is 4.98 Å². The number of carboxylic acids is 1. The molecule has 0 bridgehead atoms. The highest BCUT2D eigenvalue weighted by Crippen LogP contribution is 2.14. The number of carbonyl (C=O) groups is 1. The van der Waals surface area contributed by atoms with Gasteiger partial charge in [0.05, 0.1) is 11.1 Å². The topological polar surface area (TPSA) is 74.0 Å². The number of hydrogen-bond acceptors (Lipinski definition) is 3. The molecule has 0 saturated heterocycles. The molecule has 0 amide bonds. The summed E-state index contributed by atoms with van der Waals surface area (Å²) in [5, 5.41) is 18.1. The number of benzene rings is 1. The largest absolute Gasteiger partial charge is 0.478 e. The Morgan fingerprint density at radius 1 is 1.33 bits per heavy atom. The summed E-state index contributed by atoms with van der Waals surface area (Å²) in [6, 6.07) is 9.78. The average molecular weight is 198 g/mol. The molecule has 4 heteroatoms. The number of aromatic carboxylic acids is 1. The summed E-state index contributed by atoms with van der Waals surface area (Å²) in [6.45, 7) is 0. The van der Waals surface area contributed by atoms with Crippen molar-refractivity contribution in [2.24, 2.45) is 0 Å². The molecule has 1 heterocycles. The molecule has 2 aromatic rings. The molecule has 0 radical (unpaired) electrons. The van der Waals surface area contributed by atoms with Crippen molar-refractivity contribution >= 4 is 16.9 Å². The maximum Gasteiger partial charge on any atom is 0.335 e. The minimum Gasteiger partial charge on any atom is -0.478 e. The zero-order chi connectivity index (χ0) is 10.8. The summed E-state index contributed by atoms with van der Waals surface area (Å²) in [6.07, 6.45) is 0. The van der Waals surface area contributed by atoms with Crippen LogP contribution in [0.4, 0.5) is 0 Å². The molecule has 0 aliphatic heterocycles. The molecule has 0 fully saturated rings. The lowest BCUT2D eigenvalue weighted by molar-refractivity contribution is 0.0697. The second-order valence-corrected chi connectivity index (χ2v) is 3.02. The van der Waals surface area contributed by atoms with Crippen LogP contribution in [0, 0.1) is 11.3 Å². The maximum absolute atomic E-state index is 10.7. The van der Waals surface area contributed by atoms with E-state index in [1.54, 1.807) is 18.2 Å². The van der Waals surface area contributed by atoms with Gasteiger partial charge in [-0.3, -0.25) is 0 Å². The van der Waals surface area contributed by atoms with Crippen molar-refractivity contribution in [2.45, 2.75) is 0 Å². The van der Waals surface area contributed by atoms with Crippen LogP contribution in [0.15, 0.2) is 30.3 Å². The first-order chi connectivity index (χ1) is 7.20. The Hall–Kier alpha value is -2.41. The van der Waals surface area contributed by atoms with E-state index in [0.29, 0.717) is 16.6 Å². The molecule has 1 N–H and O–H groups in total. The lowest BCUT2D eigenvalue weighted by atomic mass is 10.1. The minimum absolute atomic E-state index is 0.217. The third-order valence-corrected chi connectivity index (χ3v) is 2.05. The Balaban J connectivity index is 2.66. The molecule has 0 spiro atoms. The van der Waals surface area contributed by atoms with Crippen LogP contribution in [-0.2, 0) is 0 Å². The van der Waals surface area contributed by atoms with Crippen LogP contribution in [0.1, 0.15) is 16.1 Å². The van der Waals surface area contributed by atoms with Crippen LogP contribution < -0.4 is 0 Å². The summed E-state index contributed by atoms with van der Waals surface area (Å²) < 4.78 is 0. The Labute approximate surface area is 85.4 Å². The number of aromatic nitrogens is 1. The van der Waals surface area contributed by atoms with Crippen molar-refractivity contribution < 1.29 is 9.90 Å². The monoisotopic (exact) mass is 198 g/mol. The van der Waals surface area contributed by atoms with Crippen molar-refractivity contribution in [3.8, 4) is 6.07 Å². The lowest BCUT2D eigenvalue weighted by Gasteiger charge is -1.99. The van der Waals surface area contributed by atoms with E-state index in [-0.39, 0.29) is 5.56 Å². The van der Waals surface area contributed by atoms with Crippen LogP contribution in [0.3, 0.4) is 0 Å². The lowest BCUT2D eigenvalue weighted by Crippen LogP contribution is -1.95. The molecule has 2 rings (SSSR count). The third kappa shape index (κ3) is 1.63. The smallest absolute Gasteiger partial charge is 0.335 e. The van der Waals surface area contributed by atoms with Gasteiger partial charge in [-0.25, -0.2) is 9.78 Å². The van der Waals surface area contributed by atoms with Gasteiger partial charge in [-0.15, -0.1) is 0 Å². The first kappa shape index (κ1) is 9.16. The molecular weight excluding hydrogens is 192 g/mol. The third-order valence-electron chi connectivity index (χ3n) is 2.05. The molecule has 0 aliphatic carbocycles.